The van der Waals surface area contributed by atoms with Gasteiger partial charge in [-0.3, -0.25) is 0 Å². The maximum atomic E-state index is 9.94. The van der Waals surface area contributed by atoms with Crippen molar-refractivity contribution in [3.8, 4) is 17.2 Å². The molecule has 7 heteroatoms. The average Bonchev–Trinajstić information content (AvgIpc) is 3.54. The van der Waals surface area contributed by atoms with Crippen LogP contribution in [-0.4, -0.2) is 31.3 Å². The summed E-state index contributed by atoms with van der Waals surface area (Å²) in [5, 5.41) is 16.6. The van der Waals surface area contributed by atoms with Gasteiger partial charge in [-0.25, -0.2) is 4.99 Å². The number of halogens is 1. The van der Waals surface area contributed by atoms with E-state index in [1.807, 2.05) is 13.0 Å². The molecule has 3 rings (SSSR count). The predicted octanol–water partition coefficient (Wildman–Crippen LogP) is 4.37. The van der Waals surface area contributed by atoms with E-state index in [9.17, 15) is 5.11 Å². The molecule has 2 aromatic rings. The molecule has 3 N–H and O–H groups in total. The highest BCUT2D eigenvalue weighted by Gasteiger charge is 2.22. The Kier molecular flexibility index (Phi) is 9.55. The van der Waals surface area contributed by atoms with Crippen molar-refractivity contribution in [3.05, 3.63) is 53.1 Å². The fourth-order valence-corrected chi connectivity index (χ4v) is 2.96. The highest BCUT2D eigenvalue weighted by atomic mass is 127. The summed E-state index contributed by atoms with van der Waals surface area (Å²) in [5.74, 6) is 2.96. The minimum atomic E-state index is 0. The van der Waals surface area contributed by atoms with Crippen molar-refractivity contribution in [2.75, 3.05) is 20.3 Å². The van der Waals surface area contributed by atoms with Gasteiger partial charge in [-0.15, -0.1) is 24.0 Å². The van der Waals surface area contributed by atoms with Crippen LogP contribution in [0.25, 0.3) is 0 Å². The Bertz CT molecular complexity index is 854. The van der Waals surface area contributed by atoms with Crippen molar-refractivity contribution in [2.45, 2.75) is 39.8 Å². The van der Waals surface area contributed by atoms with E-state index < -0.39 is 0 Å². The number of hydrogen-bond donors (Lipinski definition) is 3. The third kappa shape index (κ3) is 7.27. The fraction of sp³-hybridized carbons (Fsp3) is 0.435. The highest BCUT2D eigenvalue weighted by molar-refractivity contribution is 14.0. The smallest absolute Gasteiger partial charge is 0.191 e. The number of aromatic hydroxyl groups is 1. The first kappa shape index (κ1) is 24.1. The van der Waals surface area contributed by atoms with E-state index in [0.717, 1.165) is 41.9 Å². The number of ether oxygens (including phenoxy) is 2. The molecule has 1 fully saturated rings. The lowest BCUT2D eigenvalue weighted by molar-refractivity contribution is 0.296. The molecule has 0 spiro atoms. The second kappa shape index (κ2) is 11.9. The van der Waals surface area contributed by atoms with E-state index in [4.69, 9.17) is 9.47 Å². The number of methoxy groups -OCH3 is 1. The summed E-state index contributed by atoms with van der Waals surface area (Å²) < 4.78 is 11.1. The van der Waals surface area contributed by atoms with Crippen LogP contribution >= 0.6 is 24.0 Å². The Balaban J connectivity index is 0.00000320. The predicted molar refractivity (Wildman–Crippen MR) is 131 cm³/mol. The number of aliphatic imine (C=N–C) groups is 1. The number of phenols is 1. The molecular formula is C23H32IN3O3. The van der Waals surface area contributed by atoms with Gasteiger partial charge in [-0.2, -0.15) is 0 Å². The largest absolute Gasteiger partial charge is 0.504 e. The van der Waals surface area contributed by atoms with Crippen LogP contribution in [0.2, 0.25) is 0 Å². The van der Waals surface area contributed by atoms with Gasteiger partial charge < -0.3 is 25.2 Å². The van der Waals surface area contributed by atoms with Gasteiger partial charge in [0.15, 0.2) is 17.5 Å². The Morgan fingerprint density at radius 1 is 1.13 bits per heavy atom. The van der Waals surface area contributed by atoms with E-state index in [0.29, 0.717) is 18.8 Å². The van der Waals surface area contributed by atoms with Gasteiger partial charge in [-0.05, 0) is 61.9 Å². The lowest BCUT2D eigenvalue weighted by Crippen LogP contribution is -2.36. The SMILES string of the molecule is CCNC(=NCc1ccc(OC)c(O)c1)NCc1ccc(C)cc1OCC1CC1.I. The second-order valence-electron chi connectivity index (χ2n) is 7.42. The summed E-state index contributed by atoms with van der Waals surface area (Å²) >= 11 is 0. The molecule has 0 saturated heterocycles. The van der Waals surface area contributed by atoms with E-state index in [-0.39, 0.29) is 29.7 Å². The number of nitrogens with one attached hydrogen (secondary N) is 2. The van der Waals surface area contributed by atoms with E-state index in [1.165, 1.54) is 25.5 Å². The van der Waals surface area contributed by atoms with Gasteiger partial charge in [0.1, 0.15) is 5.75 Å². The van der Waals surface area contributed by atoms with Gasteiger partial charge >= 0.3 is 0 Å². The molecule has 0 radical (unpaired) electrons. The van der Waals surface area contributed by atoms with E-state index >= 15 is 0 Å². The standard InChI is InChI=1S/C23H31N3O3.HI/c1-4-24-23(25-13-18-8-10-21(28-3)20(27)12-18)26-14-19-9-5-16(2)11-22(19)29-15-17-6-7-17;/h5,8-12,17,27H,4,6-7,13-15H2,1-3H3,(H2,24,25,26);1H. The van der Waals surface area contributed by atoms with Gasteiger partial charge in [0.25, 0.3) is 0 Å². The van der Waals surface area contributed by atoms with Gasteiger partial charge in [-0.1, -0.05) is 18.2 Å². The summed E-state index contributed by atoms with van der Waals surface area (Å²) in [4.78, 5) is 4.63. The summed E-state index contributed by atoms with van der Waals surface area (Å²) in [6.07, 6.45) is 2.55. The zero-order valence-electron chi connectivity index (χ0n) is 17.9. The zero-order chi connectivity index (χ0) is 20.6. The monoisotopic (exact) mass is 525 g/mol. The molecule has 0 aromatic heterocycles. The van der Waals surface area contributed by atoms with E-state index in [2.05, 4.69) is 40.7 Å². The molecule has 2 aromatic carbocycles. The number of benzene rings is 2. The van der Waals surface area contributed by atoms with Crippen molar-refractivity contribution in [3.63, 3.8) is 0 Å². The lowest BCUT2D eigenvalue weighted by atomic mass is 10.1. The van der Waals surface area contributed by atoms with Crippen LogP contribution in [0.15, 0.2) is 41.4 Å². The van der Waals surface area contributed by atoms with Crippen molar-refractivity contribution in [1.29, 1.82) is 0 Å². The molecule has 1 aliphatic carbocycles. The van der Waals surface area contributed by atoms with Crippen LogP contribution in [0.3, 0.4) is 0 Å². The van der Waals surface area contributed by atoms with Gasteiger partial charge in [0, 0.05) is 18.7 Å². The van der Waals surface area contributed by atoms with Crippen LogP contribution in [0.5, 0.6) is 17.2 Å². The van der Waals surface area contributed by atoms with Crippen molar-refractivity contribution in [2.24, 2.45) is 10.9 Å². The quantitative estimate of drug-likeness (QED) is 0.258. The molecule has 1 saturated carbocycles. The first-order valence-corrected chi connectivity index (χ1v) is 10.2. The molecule has 1 aliphatic rings. The van der Waals surface area contributed by atoms with Gasteiger partial charge in [0.2, 0.25) is 0 Å². The number of aryl methyl sites for hydroxylation is 1. The van der Waals surface area contributed by atoms with Crippen LogP contribution in [-0.2, 0) is 13.1 Å². The first-order valence-electron chi connectivity index (χ1n) is 10.2. The minimum Gasteiger partial charge on any atom is -0.504 e. The fourth-order valence-electron chi connectivity index (χ4n) is 2.96. The third-order valence-corrected chi connectivity index (χ3v) is 4.85. The number of nitrogens with zero attached hydrogens (tertiary/aromatic N) is 1. The third-order valence-electron chi connectivity index (χ3n) is 4.85. The topological polar surface area (TPSA) is 75.1 Å². The lowest BCUT2D eigenvalue weighted by Gasteiger charge is -2.15. The first-order chi connectivity index (χ1) is 14.1. The maximum absolute atomic E-state index is 9.94. The van der Waals surface area contributed by atoms with Crippen LogP contribution in [0, 0.1) is 12.8 Å². The normalized spacial score (nSPS) is 13.4. The Labute approximate surface area is 196 Å². The van der Waals surface area contributed by atoms with Crippen molar-refractivity contribution >= 4 is 29.9 Å². The molecule has 0 aliphatic heterocycles. The van der Waals surface area contributed by atoms with Crippen molar-refractivity contribution in [1.82, 2.24) is 10.6 Å². The number of rotatable bonds is 9. The summed E-state index contributed by atoms with van der Waals surface area (Å²) in [7, 11) is 1.54. The summed E-state index contributed by atoms with van der Waals surface area (Å²) in [5.41, 5.74) is 3.22. The molecule has 6 nitrogen and oxygen atoms in total. The van der Waals surface area contributed by atoms with Crippen molar-refractivity contribution < 1.29 is 14.6 Å². The maximum Gasteiger partial charge on any atom is 0.191 e. The number of guanidine groups is 1. The molecule has 0 bridgehead atoms. The zero-order valence-corrected chi connectivity index (χ0v) is 20.2. The molecule has 164 valence electrons. The minimum absolute atomic E-state index is 0. The van der Waals surface area contributed by atoms with Crippen LogP contribution in [0.1, 0.15) is 36.5 Å². The molecule has 0 heterocycles. The van der Waals surface area contributed by atoms with Gasteiger partial charge in [0.05, 0.1) is 20.3 Å². The number of phenolic OH excluding ortho intramolecular Hbond substituents is 1. The molecule has 0 amide bonds. The molecular weight excluding hydrogens is 493 g/mol. The number of hydrogen-bond acceptors (Lipinski definition) is 4. The molecule has 30 heavy (non-hydrogen) atoms. The Hall–Kier alpha value is -2.16. The Morgan fingerprint density at radius 2 is 1.93 bits per heavy atom. The molecule has 0 unspecified atom stereocenters. The molecule has 0 atom stereocenters. The summed E-state index contributed by atoms with van der Waals surface area (Å²) in [6, 6.07) is 11.6. The van der Waals surface area contributed by atoms with Crippen LogP contribution in [0.4, 0.5) is 0 Å². The average molecular weight is 525 g/mol. The second-order valence-corrected chi connectivity index (χ2v) is 7.42. The van der Waals surface area contributed by atoms with Crippen LogP contribution < -0.4 is 20.1 Å². The van der Waals surface area contributed by atoms with E-state index in [1.54, 1.807) is 12.1 Å². The summed E-state index contributed by atoms with van der Waals surface area (Å²) in [6.45, 7) is 6.75. The Morgan fingerprint density at radius 3 is 2.60 bits per heavy atom. The highest BCUT2D eigenvalue weighted by Crippen LogP contribution is 2.31.